The summed E-state index contributed by atoms with van der Waals surface area (Å²) < 4.78 is 5.11. The number of rotatable bonds is 54. The SMILES string of the molecule is CCCCCCCCC(C=O)CCCCCC.CCCCCCCCC(O)CCCCCC.[CH2-]CCCCCCCCCCCN(CCCCCO)CCCCCCCCCCCCOC.[W]. The number of hydrogen-bond acceptors (Lipinski definition) is 5. The molecular weight excluding hydrogens is 995 g/mol. The summed E-state index contributed by atoms with van der Waals surface area (Å²) in [6, 6.07) is 0. The predicted octanol–water partition coefficient (Wildman–Crippen LogP) is 19.3. The van der Waals surface area contributed by atoms with Crippen LogP contribution in [0.15, 0.2) is 0 Å². The van der Waals surface area contributed by atoms with Crippen LogP contribution in [0.1, 0.15) is 329 Å². The van der Waals surface area contributed by atoms with Crippen LogP contribution in [0.2, 0.25) is 0 Å². The largest absolute Gasteiger partial charge is 0.396 e. The molecule has 406 valence electrons. The van der Waals surface area contributed by atoms with E-state index in [2.05, 4.69) is 39.5 Å². The minimum absolute atomic E-state index is 0. The molecule has 0 fully saturated rings. The minimum atomic E-state index is -0.0250. The molecular formula is C61H126NO4W-. The summed E-state index contributed by atoms with van der Waals surface area (Å²) in [4.78, 5) is 13.7. The second kappa shape index (κ2) is 70.5. The molecule has 2 atom stereocenters. The van der Waals surface area contributed by atoms with Gasteiger partial charge in [0.25, 0.3) is 0 Å². The molecule has 67 heavy (non-hydrogen) atoms. The monoisotopic (exact) mass is 1120 g/mol. The summed E-state index contributed by atoms with van der Waals surface area (Å²) >= 11 is 0. The van der Waals surface area contributed by atoms with E-state index in [1.165, 1.54) is 289 Å². The van der Waals surface area contributed by atoms with Gasteiger partial charge in [-0.2, -0.15) is 6.42 Å². The van der Waals surface area contributed by atoms with Crippen molar-refractivity contribution < 1.29 is 40.8 Å². The van der Waals surface area contributed by atoms with Crippen LogP contribution in [0.4, 0.5) is 0 Å². The second-order valence-corrected chi connectivity index (χ2v) is 20.6. The Bertz CT molecular complexity index is 818. The number of nitrogens with zero attached hydrogens (tertiary/aromatic N) is 1. The molecule has 0 aromatic heterocycles. The predicted molar refractivity (Wildman–Crippen MR) is 296 cm³/mol. The number of aldehydes is 1. The van der Waals surface area contributed by atoms with Gasteiger partial charge in [-0.15, -0.1) is 0 Å². The third kappa shape index (κ3) is 70.5. The van der Waals surface area contributed by atoms with Gasteiger partial charge in [0.05, 0.1) is 6.10 Å². The molecule has 0 spiro atoms. The Balaban J connectivity index is -0.000000490. The third-order valence-corrected chi connectivity index (χ3v) is 13.8. The fourth-order valence-corrected chi connectivity index (χ4v) is 9.12. The minimum Gasteiger partial charge on any atom is -0.396 e. The first-order valence-corrected chi connectivity index (χ1v) is 30.3. The number of carbonyl (C=O) groups excluding carboxylic acids is 1. The van der Waals surface area contributed by atoms with Crippen molar-refractivity contribution in [3.05, 3.63) is 6.92 Å². The smallest absolute Gasteiger partial charge is 0.123 e. The van der Waals surface area contributed by atoms with Crippen molar-refractivity contribution in [3.8, 4) is 0 Å². The first-order chi connectivity index (χ1) is 32.5. The van der Waals surface area contributed by atoms with Gasteiger partial charge in [0.2, 0.25) is 0 Å². The van der Waals surface area contributed by atoms with E-state index in [1.807, 2.05) is 0 Å². The molecule has 2 N–H and O–H groups in total. The maximum Gasteiger partial charge on any atom is 0.123 e. The Morgan fingerprint density at radius 3 is 1.03 bits per heavy atom. The molecule has 0 heterocycles. The number of hydrogen-bond donors (Lipinski definition) is 2. The van der Waals surface area contributed by atoms with Crippen molar-refractivity contribution in [1.29, 1.82) is 0 Å². The van der Waals surface area contributed by atoms with Gasteiger partial charge in [-0.3, -0.25) is 0 Å². The zero-order valence-electron chi connectivity index (χ0n) is 46.8. The molecule has 0 saturated heterocycles. The number of unbranched alkanes of at least 4 members (excludes halogenated alkanes) is 36. The van der Waals surface area contributed by atoms with E-state index in [9.17, 15) is 9.90 Å². The van der Waals surface area contributed by atoms with Gasteiger partial charge >= 0.3 is 0 Å². The van der Waals surface area contributed by atoms with Gasteiger partial charge in [0.1, 0.15) is 6.29 Å². The maximum absolute atomic E-state index is 10.9. The molecule has 0 aromatic rings. The normalized spacial score (nSPS) is 12.0. The standard InChI is InChI=1S/C30H62NO2.C16H32O.C15H32O.W/c1-3-4-5-6-7-8-11-14-17-21-26-31(28-23-20-24-29-32)27-22-18-15-12-9-10-13-16-19-25-30-33-2;1-3-5-7-9-10-12-14-16(15-17)13-11-8-6-4-2;1-3-5-7-9-10-12-14-15(16)13-11-8-6-4-2;/h32H,1,3-30H2,2H3;15-16H,3-14H2,1-2H3;15-16H,3-14H2,1-2H3;/q-1;;;. The zero-order chi connectivity index (χ0) is 48.9. The molecule has 5 nitrogen and oxygen atoms in total. The molecule has 6 heteroatoms. The summed E-state index contributed by atoms with van der Waals surface area (Å²) in [6.07, 6.45) is 62.5. The van der Waals surface area contributed by atoms with Gasteiger partial charge < -0.3 is 31.6 Å². The van der Waals surface area contributed by atoms with Crippen LogP contribution in [0, 0.1) is 12.8 Å². The molecule has 0 saturated carbocycles. The molecule has 0 aromatic carbocycles. The molecule has 0 radical (unpaired) electrons. The average Bonchev–Trinajstić information content (AvgIpc) is 3.33. The van der Waals surface area contributed by atoms with Crippen LogP contribution in [0.5, 0.6) is 0 Å². The Kier molecular flexibility index (Phi) is 77.5. The first kappa shape index (κ1) is 73.7. The van der Waals surface area contributed by atoms with Crippen LogP contribution in [0.3, 0.4) is 0 Å². The van der Waals surface area contributed by atoms with Crippen LogP contribution in [-0.2, 0) is 30.6 Å². The average molecular weight is 1120 g/mol. The number of ether oxygens (including phenoxy) is 1. The fourth-order valence-electron chi connectivity index (χ4n) is 9.12. The van der Waals surface area contributed by atoms with E-state index in [-0.39, 0.29) is 27.2 Å². The molecule has 0 amide bonds. The van der Waals surface area contributed by atoms with E-state index >= 15 is 0 Å². The van der Waals surface area contributed by atoms with Crippen LogP contribution < -0.4 is 0 Å². The van der Waals surface area contributed by atoms with Crippen molar-refractivity contribution >= 4 is 6.29 Å². The van der Waals surface area contributed by atoms with Crippen molar-refractivity contribution in [2.24, 2.45) is 5.92 Å². The quantitative estimate of drug-likeness (QED) is 0.0361. The molecule has 0 rings (SSSR count). The van der Waals surface area contributed by atoms with E-state index in [0.29, 0.717) is 12.5 Å². The van der Waals surface area contributed by atoms with Gasteiger partial charge in [-0.05, 0) is 83.8 Å². The summed E-state index contributed by atoms with van der Waals surface area (Å²) in [5.74, 6) is 0.345. The van der Waals surface area contributed by atoms with Gasteiger partial charge in [-0.1, -0.05) is 259 Å². The van der Waals surface area contributed by atoms with Crippen molar-refractivity contribution in [1.82, 2.24) is 4.90 Å². The first-order valence-electron chi connectivity index (χ1n) is 30.3. The maximum atomic E-state index is 10.9. The second-order valence-electron chi connectivity index (χ2n) is 20.6. The number of methoxy groups -OCH3 is 1. The van der Waals surface area contributed by atoms with Crippen LogP contribution >= 0.6 is 0 Å². The molecule has 2 unspecified atom stereocenters. The van der Waals surface area contributed by atoms with Crippen molar-refractivity contribution in [2.75, 3.05) is 40.0 Å². The van der Waals surface area contributed by atoms with E-state index in [0.717, 1.165) is 45.1 Å². The summed E-state index contributed by atoms with van der Waals surface area (Å²) in [5.41, 5.74) is 0. The molecule has 0 bridgehead atoms. The number of aliphatic hydroxyl groups is 2. The van der Waals surface area contributed by atoms with E-state index in [4.69, 9.17) is 9.84 Å². The zero-order valence-corrected chi connectivity index (χ0v) is 49.7. The fraction of sp³-hybridized carbons (Fsp3) is 0.967. The summed E-state index contributed by atoms with van der Waals surface area (Å²) in [7, 11) is 1.80. The Morgan fingerprint density at radius 1 is 0.418 bits per heavy atom. The Hall–Kier alpha value is 0.198. The van der Waals surface area contributed by atoms with Crippen molar-refractivity contribution in [3.63, 3.8) is 0 Å². The topological polar surface area (TPSA) is 70.0 Å². The van der Waals surface area contributed by atoms with Crippen molar-refractivity contribution in [2.45, 2.75) is 336 Å². The Labute approximate surface area is 438 Å². The van der Waals surface area contributed by atoms with Crippen LogP contribution in [0.25, 0.3) is 0 Å². The van der Waals surface area contributed by atoms with E-state index < -0.39 is 0 Å². The molecule has 0 aliphatic heterocycles. The van der Waals surface area contributed by atoms with Gasteiger partial charge in [0.15, 0.2) is 0 Å². The number of carbonyl (C=O) groups is 1. The van der Waals surface area contributed by atoms with E-state index in [1.54, 1.807) is 7.11 Å². The Morgan fingerprint density at radius 2 is 0.701 bits per heavy atom. The summed E-state index contributed by atoms with van der Waals surface area (Å²) in [6.45, 7) is 18.0. The number of aliphatic hydroxyl groups excluding tert-OH is 2. The summed E-state index contributed by atoms with van der Waals surface area (Å²) in [5, 5.41) is 18.8. The molecule has 0 aliphatic rings. The molecule has 0 aliphatic carbocycles. The third-order valence-electron chi connectivity index (χ3n) is 13.8. The van der Waals surface area contributed by atoms with Gasteiger partial charge in [-0.25, -0.2) is 0 Å². The van der Waals surface area contributed by atoms with Crippen LogP contribution in [-0.4, -0.2) is 67.5 Å². The van der Waals surface area contributed by atoms with Gasteiger partial charge in [0, 0.05) is 47.3 Å².